The fraction of sp³-hybridized carbons (Fsp3) is 0.875. The lowest BCUT2D eigenvalue weighted by Crippen LogP contribution is -2.39. The van der Waals surface area contributed by atoms with Gasteiger partial charge in [-0.1, -0.05) is 0 Å². The summed E-state index contributed by atoms with van der Waals surface area (Å²) in [6.45, 7) is 3.01. The van der Waals surface area contributed by atoms with Crippen LogP contribution in [0.4, 0.5) is 0 Å². The topological polar surface area (TPSA) is 46.6 Å². The molecule has 0 aliphatic carbocycles. The van der Waals surface area contributed by atoms with Crippen LogP contribution in [0, 0.1) is 0 Å². The maximum Gasteiger partial charge on any atom is 0.219 e. The van der Waals surface area contributed by atoms with Gasteiger partial charge in [0.25, 0.3) is 0 Å². The van der Waals surface area contributed by atoms with Gasteiger partial charge in [0.1, 0.15) is 0 Å². The molecule has 1 saturated heterocycles. The van der Waals surface area contributed by atoms with Crippen LogP contribution in [-0.4, -0.2) is 40.5 Å². The molecule has 1 aliphatic rings. The second-order valence-electron chi connectivity index (χ2n) is 3.20. The van der Waals surface area contributed by atoms with Crippen molar-refractivity contribution in [3.63, 3.8) is 0 Å². The molecule has 0 radical (unpaired) electrons. The average Bonchev–Trinajstić information content (AvgIpc) is 2.04. The lowest BCUT2D eigenvalue weighted by atomic mass is 10.1. The summed E-state index contributed by atoms with van der Waals surface area (Å²) in [4.78, 5) is 12.7. The van der Waals surface area contributed by atoms with Gasteiger partial charge in [-0.15, -0.1) is 0 Å². The third-order valence-corrected chi connectivity index (χ3v) is 2.70. The van der Waals surface area contributed by atoms with E-state index in [1.165, 1.54) is 6.26 Å². The molecule has 1 rings (SSSR count). The molecule has 1 unspecified atom stereocenters. The van der Waals surface area contributed by atoms with Crippen LogP contribution in [0.15, 0.2) is 0 Å². The van der Waals surface area contributed by atoms with E-state index in [9.17, 15) is 9.00 Å². The van der Waals surface area contributed by atoms with Gasteiger partial charge in [0, 0.05) is 26.3 Å². The Morgan fingerprint density at radius 3 is 2.38 bits per heavy atom. The first-order valence-corrected chi connectivity index (χ1v) is 5.84. The van der Waals surface area contributed by atoms with E-state index < -0.39 is 11.1 Å². The van der Waals surface area contributed by atoms with Crippen LogP contribution in [0.25, 0.3) is 0 Å². The van der Waals surface area contributed by atoms with E-state index in [1.807, 2.05) is 0 Å². The second-order valence-corrected chi connectivity index (χ2v) is 4.20. The van der Waals surface area contributed by atoms with Crippen LogP contribution in [-0.2, 0) is 20.1 Å². The highest BCUT2D eigenvalue weighted by molar-refractivity contribution is 7.79. The molecule has 0 spiro atoms. The molecule has 5 heteroatoms. The molecule has 1 heterocycles. The Morgan fingerprint density at radius 1 is 1.46 bits per heavy atom. The van der Waals surface area contributed by atoms with Gasteiger partial charge >= 0.3 is 0 Å². The predicted octanol–water partition coefficient (Wildman–Crippen LogP) is 0.307. The number of rotatable bonds is 2. The fourth-order valence-electron chi connectivity index (χ4n) is 1.46. The standard InChI is InChI=1S/C8H15NO3S/c1-7(10)9-5-3-8(4-6-9)12-13(2)11/h8H,3-6H2,1-2H3. The normalized spacial score (nSPS) is 21.5. The summed E-state index contributed by atoms with van der Waals surface area (Å²) in [6.07, 6.45) is 3.16. The number of likely N-dealkylation sites (tertiary alicyclic amines) is 1. The Morgan fingerprint density at radius 2 is 2.00 bits per heavy atom. The first kappa shape index (κ1) is 10.7. The first-order valence-electron chi connectivity index (χ1n) is 4.35. The van der Waals surface area contributed by atoms with E-state index in [0.717, 1.165) is 25.9 Å². The molecular weight excluding hydrogens is 190 g/mol. The summed E-state index contributed by atoms with van der Waals surface area (Å²) in [5.41, 5.74) is 0. The van der Waals surface area contributed by atoms with E-state index in [4.69, 9.17) is 4.18 Å². The van der Waals surface area contributed by atoms with Crippen molar-refractivity contribution in [3.8, 4) is 0 Å². The maximum absolute atomic E-state index is 11.0. The smallest absolute Gasteiger partial charge is 0.219 e. The van der Waals surface area contributed by atoms with Crippen molar-refractivity contribution >= 4 is 17.0 Å². The molecule has 0 saturated carbocycles. The zero-order valence-corrected chi connectivity index (χ0v) is 8.80. The molecule has 0 aromatic carbocycles. The molecule has 1 atom stereocenters. The molecule has 0 aromatic heterocycles. The average molecular weight is 205 g/mol. The van der Waals surface area contributed by atoms with Crippen molar-refractivity contribution in [2.45, 2.75) is 25.9 Å². The Kier molecular flexibility index (Phi) is 3.87. The van der Waals surface area contributed by atoms with Crippen molar-refractivity contribution < 1.29 is 13.2 Å². The number of piperidine rings is 1. The summed E-state index contributed by atoms with van der Waals surface area (Å²) < 4.78 is 15.9. The van der Waals surface area contributed by atoms with E-state index in [1.54, 1.807) is 11.8 Å². The Labute approximate surface area is 80.9 Å². The van der Waals surface area contributed by atoms with E-state index >= 15 is 0 Å². The van der Waals surface area contributed by atoms with Gasteiger partial charge in [-0.05, 0) is 12.8 Å². The van der Waals surface area contributed by atoms with Gasteiger partial charge in [0.15, 0.2) is 11.1 Å². The summed E-state index contributed by atoms with van der Waals surface area (Å²) in [7, 11) is 0. The van der Waals surface area contributed by atoms with Gasteiger partial charge < -0.3 is 4.90 Å². The first-order chi connectivity index (χ1) is 6.09. The van der Waals surface area contributed by atoms with Crippen LogP contribution in [0.2, 0.25) is 0 Å². The molecule has 0 aromatic rings. The highest BCUT2D eigenvalue weighted by Gasteiger charge is 2.21. The zero-order chi connectivity index (χ0) is 9.84. The van der Waals surface area contributed by atoms with E-state index in [-0.39, 0.29) is 12.0 Å². The molecule has 4 nitrogen and oxygen atoms in total. The van der Waals surface area contributed by atoms with Crippen LogP contribution in [0.5, 0.6) is 0 Å². The molecule has 13 heavy (non-hydrogen) atoms. The van der Waals surface area contributed by atoms with Gasteiger partial charge in [-0.25, -0.2) is 4.21 Å². The Balaban J connectivity index is 2.30. The van der Waals surface area contributed by atoms with E-state index in [0.29, 0.717) is 0 Å². The fourth-order valence-corrected chi connectivity index (χ4v) is 2.03. The van der Waals surface area contributed by atoms with Crippen molar-refractivity contribution in [3.05, 3.63) is 0 Å². The quantitative estimate of drug-likeness (QED) is 0.651. The minimum Gasteiger partial charge on any atom is -0.343 e. The maximum atomic E-state index is 11.0. The Bertz CT molecular complexity index is 211. The van der Waals surface area contributed by atoms with Crippen molar-refractivity contribution in [2.75, 3.05) is 19.3 Å². The number of hydrogen-bond donors (Lipinski definition) is 0. The third kappa shape index (κ3) is 3.44. The molecule has 1 amide bonds. The van der Waals surface area contributed by atoms with Gasteiger partial charge in [0.05, 0.1) is 6.10 Å². The molecular formula is C8H15NO3S. The van der Waals surface area contributed by atoms with Crippen molar-refractivity contribution in [2.24, 2.45) is 0 Å². The van der Waals surface area contributed by atoms with Gasteiger partial charge in [-0.2, -0.15) is 0 Å². The lowest BCUT2D eigenvalue weighted by Gasteiger charge is -2.30. The third-order valence-electron chi connectivity index (χ3n) is 2.16. The van der Waals surface area contributed by atoms with Crippen LogP contribution >= 0.6 is 0 Å². The minimum atomic E-state index is -1.19. The number of carbonyl (C=O) groups excluding carboxylic acids is 1. The van der Waals surface area contributed by atoms with Crippen LogP contribution < -0.4 is 0 Å². The summed E-state index contributed by atoms with van der Waals surface area (Å²) in [5, 5.41) is 0. The number of hydrogen-bond acceptors (Lipinski definition) is 3. The second kappa shape index (κ2) is 4.72. The largest absolute Gasteiger partial charge is 0.343 e. The van der Waals surface area contributed by atoms with Crippen LogP contribution in [0.3, 0.4) is 0 Å². The van der Waals surface area contributed by atoms with Crippen molar-refractivity contribution in [1.29, 1.82) is 0 Å². The summed E-state index contributed by atoms with van der Waals surface area (Å²) >= 11 is -1.19. The van der Waals surface area contributed by atoms with Crippen LogP contribution in [0.1, 0.15) is 19.8 Å². The Hall–Kier alpha value is -0.420. The molecule has 1 aliphatic heterocycles. The van der Waals surface area contributed by atoms with Gasteiger partial charge in [0.2, 0.25) is 5.91 Å². The number of amides is 1. The van der Waals surface area contributed by atoms with E-state index in [2.05, 4.69) is 0 Å². The minimum absolute atomic E-state index is 0.0569. The highest BCUT2D eigenvalue weighted by Crippen LogP contribution is 2.14. The van der Waals surface area contributed by atoms with Crippen molar-refractivity contribution in [1.82, 2.24) is 4.90 Å². The molecule has 1 fully saturated rings. The summed E-state index contributed by atoms with van der Waals surface area (Å²) in [5.74, 6) is 0.107. The zero-order valence-electron chi connectivity index (χ0n) is 7.99. The number of carbonyl (C=O) groups is 1. The molecule has 0 bridgehead atoms. The van der Waals surface area contributed by atoms with Gasteiger partial charge in [-0.3, -0.25) is 8.98 Å². The molecule has 0 N–H and O–H groups in total. The molecule has 76 valence electrons. The highest BCUT2D eigenvalue weighted by atomic mass is 32.2. The predicted molar refractivity (Wildman–Crippen MR) is 50.4 cm³/mol. The lowest BCUT2D eigenvalue weighted by molar-refractivity contribution is -0.130. The SMILES string of the molecule is CC(=O)N1CCC(OS(C)=O)CC1. The monoisotopic (exact) mass is 205 g/mol. The summed E-state index contributed by atoms with van der Waals surface area (Å²) in [6, 6.07) is 0. The number of nitrogens with zero attached hydrogens (tertiary/aromatic N) is 1.